The van der Waals surface area contributed by atoms with E-state index >= 15 is 0 Å². The van der Waals surface area contributed by atoms with Gasteiger partial charge in [0.05, 0.1) is 17.3 Å². The van der Waals surface area contributed by atoms with Crippen molar-refractivity contribution in [3.63, 3.8) is 0 Å². The summed E-state index contributed by atoms with van der Waals surface area (Å²) >= 11 is 0. The standard InChI is InChI=1S/C24H25N3O2/c1-15-3-4-18(22-14-25-16(2)26-22)13-19(15)17-5-7-20-21(8-6-17)27-23(28)24(20)9-11-29-12-10-24/h3-7,13-14H,8-12H2,1-2H3,(H,25,26)(H,27,28). The van der Waals surface area contributed by atoms with Crippen LogP contribution in [0.4, 0.5) is 0 Å². The van der Waals surface area contributed by atoms with Crippen LogP contribution in [0, 0.1) is 19.3 Å². The molecule has 5 heteroatoms. The van der Waals surface area contributed by atoms with E-state index < -0.39 is 5.41 Å². The summed E-state index contributed by atoms with van der Waals surface area (Å²) < 4.78 is 5.53. The summed E-state index contributed by atoms with van der Waals surface area (Å²) in [5.74, 6) is 1.05. The van der Waals surface area contributed by atoms with Crippen molar-refractivity contribution in [2.75, 3.05) is 13.2 Å². The highest BCUT2D eigenvalue weighted by Crippen LogP contribution is 2.46. The van der Waals surface area contributed by atoms with Crippen LogP contribution in [0.25, 0.3) is 16.8 Å². The van der Waals surface area contributed by atoms with E-state index in [9.17, 15) is 4.79 Å². The van der Waals surface area contributed by atoms with Crippen LogP contribution in [-0.2, 0) is 9.53 Å². The molecule has 0 radical (unpaired) electrons. The van der Waals surface area contributed by atoms with Gasteiger partial charge in [-0.25, -0.2) is 4.98 Å². The second kappa shape index (κ2) is 6.85. The van der Waals surface area contributed by atoms with Crippen LogP contribution < -0.4 is 5.32 Å². The number of aromatic nitrogens is 2. The molecule has 3 heterocycles. The van der Waals surface area contributed by atoms with Gasteiger partial charge in [0.2, 0.25) is 5.91 Å². The summed E-state index contributed by atoms with van der Waals surface area (Å²) in [5.41, 5.74) is 7.54. The van der Waals surface area contributed by atoms with Crippen molar-refractivity contribution >= 4 is 11.5 Å². The Labute approximate surface area is 170 Å². The molecule has 1 aliphatic carbocycles. The lowest BCUT2D eigenvalue weighted by Gasteiger charge is -2.32. The maximum Gasteiger partial charge on any atom is 0.235 e. The zero-order chi connectivity index (χ0) is 20.0. The number of imidazole rings is 1. The number of nitrogens with zero attached hydrogens (tertiary/aromatic N) is 1. The summed E-state index contributed by atoms with van der Waals surface area (Å²) in [7, 11) is 0. The molecule has 1 spiro atoms. The zero-order valence-electron chi connectivity index (χ0n) is 16.8. The number of rotatable bonds is 2. The topological polar surface area (TPSA) is 67.0 Å². The Morgan fingerprint density at radius 3 is 2.72 bits per heavy atom. The Hall–Kier alpha value is -2.92. The van der Waals surface area contributed by atoms with Crippen LogP contribution in [0.1, 0.15) is 36.2 Å². The van der Waals surface area contributed by atoms with Crippen LogP contribution in [0.15, 0.2) is 53.9 Å². The van der Waals surface area contributed by atoms with Crippen molar-refractivity contribution in [3.05, 3.63) is 70.8 Å². The van der Waals surface area contributed by atoms with Crippen LogP contribution in [-0.4, -0.2) is 29.1 Å². The summed E-state index contributed by atoms with van der Waals surface area (Å²) in [6.45, 7) is 5.38. The highest BCUT2D eigenvalue weighted by atomic mass is 16.5. The van der Waals surface area contributed by atoms with Gasteiger partial charge in [0.25, 0.3) is 0 Å². The summed E-state index contributed by atoms with van der Waals surface area (Å²) in [6.07, 6.45) is 10.7. The molecule has 1 aromatic heterocycles. The SMILES string of the molecule is Cc1ncc(-c2ccc(C)c(C3=CCC4=C(C=C3)C3(CCOCC3)C(=O)N4)c2)[nH]1. The van der Waals surface area contributed by atoms with E-state index in [-0.39, 0.29) is 5.91 Å². The van der Waals surface area contributed by atoms with Gasteiger partial charge in [-0.2, -0.15) is 0 Å². The normalized spacial score (nSPS) is 20.5. The van der Waals surface area contributed by atoms with Gasteiger partial charge < -0.3 is 15.0 Å². The van der Waals surface area contributed by atoms with Gasteiger partial charge in [-0.1, -0.05) is 30.4 Å². The lowest BCUT2D eigenvalue weighted by atomic mass is 9.74. The van der Waals surface area contributed by atoms with E-state index in [1.54, 1.807) is 0 Å². The van der Waals surface area contributed by atoms with Crippen molar-refractivity contribution in [3.8, 4) is 11.3 Å². The number of ether oxygens (including phenoxy) is 1. The summed E-state index contributed by atoms with van der Waals surface area (Å²) in [5, 5.41) is 3.16. The second-order valence-electron chi connectivity index (χ2n) is 8.15. The van der Waals surface area contributed by atoms with Crippen molar-refractivity contribution < 1.29 is 9.53 Å². The number of H-pyrrole nitrogens is 1. The number of carbonyl (C=O) groups excluding carboxylic acids is 1. The lowest BCUT2D eigenvalue weighted by Crippen LogP contribution is -2.39. The third-order valence-electron chi connectivity index (χ3n) is 6.40. The molecule has 3 aliphatic rings. The quantitative estimate of drug-likeness (QED) is 0.811. The molecule has 2 aliphatic heterocycles. The smallest absolute Gasteiger partial charge is 0.235 e. The second-order valence-corrected chi connectivity index (χ2v) is 8.15. The van der Waals surface area contributed by atoms with Crippen molar-refractivity contribution in [2.24, 2.45) is 5.41 Å². The van der Waals surface area contributed by atoms with Gasteiger partial charge in [0.15, 0.2) is 0 Å². The van der Waals surface area contributed by atoms with Crippen LogP contribution in [0.3, 0.4) is 0 Å². The molecule has 1 aromatic carbocycles. The molecule has 1 amide bonds. The first-order chi connectivity index (χ1) is 14.1. The average molecular weight is 387 g/mol. The zero-order valence-corrected chi connectivity index (χ0v) is 16.8. The Morgan fingerprint density at radius 1 is 1.14 bits per heavy atom. The predicted molar refractivity (Wildman–Crippen MR) is 113 cm³/mol. The Kier molecular flexibility index (Phi) is 4.28. The molecule has 2 N–H and O–H groups in total. The molecule has 5 rings (SSSR count). The van der Waals surface area contributed by atoms with Gasteiger partial charge in [-0.05, 0) is 55.0 Å². The van der Waals surface area contributed by atoms with Gasteiger partial charge in [0.1, 0.15) is 5.82 Å². The van der Waals surface area contributed by atoms with E-state index in [4.69, 9.17) is 4.74 Å². The highest BCUT2D eigenvalue weighted by molar-refractivity contribution is 5.93. The minimum atomic E-state index is -0.419. The van der Waals surface area contributed by atoms with Crippen LogP contribution >= 0.6 is 0 Å². The van der Waals surface area contributed by atoms with E-state index in [1.807, 2.05) is 13.1 Å². The largest absolute Gasteiger partial charge is 0.381 e. The highest BCUT2D eigenvalue weighted by Gasteiger charge is 2.48. The molecular formula is C24H25N3O2. The van der Waals surface area contributed by atoms with Gasteiger partial charge >= 0.3 is 0 Å². The van der Waals surface area contributed by atoms with Crippen molar-refractivity contribution in [1.29, 1.82) is 0 Å². The van der Waals surface area contributed by atoms with Crippen LogP contribution in [0.2, 0.25) is 0 Å². The third-order valence-corrected chi connectivity index (χ3v) is 6.40. The molecule has 0 atom stereocenters. The Bertz CT molecular complexity index is 1080. The maximum absolute atomic E-state index is 12.8. The van der Waals surface area contributed by atoms with E-state index in [0.717, 1.165) is 47.6 Å². The Morgan fingerprint density at radius 2 is 1.97 bits per heavy atom. The molecule has 29 heavy (non-hydrogen) atoms. The van der Waals surface area contributed by atoms with Gasteiger partial charge in [-0.3, -0.25) is 4.79 Å². The summed E-state index contributed by atoms with van der Waals surface area (Å²) in [4.78, 5) is 20.4. The Balaban J connectivity index is 1.50. The number of fused-ring (bicyclic) bond motifs is 1. The molecule has 2 aromatic rings. The molecule has 5 nitrogen and oxygen atoms in total. The maximum atomic E-state index is 12.8. The molecule has 0 bridgehead atoms. The molecule has 0 saturated carbocycles. The minimum Gasteiger partial charge on any atom is -0.381 e. The number of amides is 1. The van der Waals surface area contributed by atoms with E-state index in [0.29, 0.717) is 13.2 Å². The molecule has 1 fully saturated rings. The monoisotopic (exact) mass is 387 g/mol. The number of aromatic amines is 1. The number of allylic oxidation sites excluding steroid dienone is 4. The number of carbonyl (C=O) groups is 1. The number of hydrogen-bond donors (Lipinski definition) is 2. The average Bonchev–Trinajstić information content (AvgIpc) is 3.17. The summed E-state index contributed by atoms with van der Waals surface area (Å²) in [6, 6.07) is 6.50. The van der Waals surface area contributed by atoms with E-state index in [1.165, 1.54) is 16.7 Å². The minimum absolute atomic E-state index is 0.139. The van der Waals surface area contributed by atoms with Crippen molar-refractivity contribution in [2.45, 2.75) is 33.1 Å². The number of benzene rings is 1. The van der Waals surface area contributed by atoms with Gasteiger partial charge in [-0.15, -0.1) is 0 Å². The lowest BCUT2D eigenvalue weighted by molar-refractivity contribution is -0.131. The van der Waals surface area contributed by atoms with Gasteiger partial charge in [0, 0.05) is 30.9 Å². The predicted octanol–water partition coefficient (Wildman–Crippen LogP) is 4.22. The fourth-order valence-corrected chi connectivity index (χ4v) is 4.69. The van der Waals surface area contributed by atoms with Crippen LogP contribution in [0.5, 0.6) is 0 Å². The molecule has 1 saturated heterocycles. The molecule has 148 valence electrons. The molecule has 0 unspecified atom stereocenters. The third kappa shape index (κ3) is 2.97. The molecular weight excluding hydrogens is 362 g/mol. The first-order valence-electron chi connectivity index (χ1n) is 10.2. The first kappa shape index (κ1) is 18.1. The fraction of sp³-hybridized carbons (Fsp3) is 0.333. The number of nitrogens with one attached hydrogen (secondary N) is 2. The number of hydrogen-bond acceptors (Lipinski definition) is 3. The van der Waals surface area contributed by atoms with E-state index in [2.05, 4.69) is 58.6 Å². The number of aryl methyl sites for hydroxylation is 2. The first-order valence-corrected chi connectivity index (χ1v) is 10.2. The fourth-order valence-electron chi connectivity index (χ4n) is 4.69. The van der Waals surface area contributed by atoms with Crippen molar-refractivity contribution in [1.82, 2.24) is 15.3 Å².